The maximum absolute atomic E-state index is 11.9. The van der Waals surface area contributed by atoms with Crippen molar-refractivity contribution in [1.82, 2.24) is 5.32 Å². The zero-order chi connectivity index (χ0) is 14.5. The molecule has 0 radical (unpaired) electrons. The minimum atomic E-state index is -3.16. The van der Waals surface area contributed by atoms with E-state index in [1.54, 1.807) is 0 Å². The third-order valence-electron chi connectivity index (χ3n) is 3.52. The lowest BCUT2D eigenvalue weighted by Gasteiger charge is -2.21. The number of sulfone groups is 1. The Hall–Kier alpha value is -2.16. The largest absolute Gasteiger partial charge is 0.332 e. The Balaban J connectivity index is 1.93. The van der Waals surface area contributed by atoms with Crippen LogP contribution >= 0.6 is 0 Å². The van der Waals surface area contributed by atoms with Crippen molar-refractivity contribution < 1.29 is 18.1 Å². The summed E-state index contributed by atoms with van der Waals surface area (Å²) in [5, 5.41) is 13.2. The van der Waals surface area contributed by atoms with Crippen LogP contribution < -0.4 is 10.2 Å². The molecule has 1 N–H and O–H groups in total. The van der Waals surface area contributed by atoms with Gasteiger partial charge in [0.2, 0.25) is 0 Å². The van der Waals surface area contributed by atoms with Gasteiger partial charge in [-0.05, 0) is 12.1 Å². The van der Waals surface area contributed by atoms with Gasteiger partial charge in [-0.1, -0.05) is 0 Å². The number of urea groups is 1. The van der Waals surface area contributed by atoms with E-state index in [1.807, 2.05) is 0 Å². The summed E-state index contributed by atoms with van der Waals surface area (Å²) >= 11 is 0. The third-order valence-corrected chi connectivity index (χ3v) is 5.24. The van der Waals surface area contributed by atoms with Crippen LogP contribution in [0.5, 0.6) is 0 Å². The number of nitro benzene ring substituents is 1. The zero-order valence-electron chi connectivity index (χ0n) is 10.2. The average Bonchev–Trinajstić information content (AvgIpc) is 2.79. The van der Waals surface area contributed by atoms with Gasteiger partial charge in [-0.3, -0.25) is 15.0 Å². The fraction of sp³-hybridized carbons (Fsp3) is 0.364. The molecule has 0 spiro atoms. The van der Waals surface area contributed by atoms with Crippen LogP contribution in [0.25, 0.3) is 0 Å². The summed E-state index contributed by atoms with van der Waals surface area (Å²) in [6, 6.07) is 4.25. The lowest BCUT2D eigenvalue weighted by atomic mass is 10.1. The molecule has 0 saturated carbocycles. The van der Waals surface area contributed by atoms with E-state index in [9.17, 15) is 23.3 Å². The molecule has 1 aromatic rings. The van der Waals surface area contributed by atoms with Gasteiger partial charge in [0.25, 0.3) is 5.69 Å². The van der Waals surface area contributed by atoms with Crippen LogP contribution in [0.3, 0.4) is 0 Å². The molecular weight excluding hydrogens is 286 g/mol. The van der Waals surface area contributed by atoms with Gasteiger partial charge in [0.15, 0.2) is 9.84 Å². The first-order chi connectivity index (χ1) is 9.37. The molecule has 2 saturated heterocycles. The lowest BCUT2D eigenvalue weighted by Crippen LogP contribution is -2.36. The zero-order valence-corrected chi connectivity index (χ0v) is 11.0. The SMILES string of the molecule is O=C1N[C@H]2CS(=O)(=O)C[C@@H]2N1c1ccc([N+](=O)[O-])cc1. The molecule has 9 heteroatoms. The van der Waals surface area contributed by atoms with Crippen molar-refractivity contribution >= 4 is 27.2 Å². The number of carbonyl (C=O) groups is 1. The number of carbonyl (C=O) groups excluding carboxylic acids is 1. The van der Waals surface area contributed by atoms with Crippen molar-refractivity contribution in [1.29, 1.82) is 0 Å². The fourth-order valence-electron chi connectivity index (χ4n) is 2.64. The van der Waals surface area contributed by atoms with Crippen molar-refractivity contribution in [3.05, 3.63) is 34.4 Å². The number of amides is 2. The van der Waals surface area contributed by atoms with Gasteiger partial charge < -0.3 is 5.32 Å². The van der Waals surface area contributed by atoms with Gasteiger partial charge in [0.05, 0.1) is 28.5 Å². The summed E-state index contributed by atoms with van der Waals surface area (Å²) in [7, 11) is -3.16. The molecular formula is C11H11N3O5S. The van der Waals surface area contributed by atoms with Gasteiger partial charge in [-0.15, -0.1) is 0 Å². The number of benzene rings is 1. The first-order valence-corrected chi connectivity index (χ1v) is 7.74. The molecule has 0 aromatic heterocycles. The molecule has 106 valence electrons. The van der Waals surface area contributed by atoms with Crippen molar-refractivity contribution in [3.8, 4) is 0 Å². The summed E-state index contributed by atoms with van der Waals surface area (Å²) in [6.45, 7) is 0. The molecule has 0 bridgehead atoms. The topological polar surface area (TPSA) is 110 Å². The average molecular weight is 297 g/mol. The van der Waals surface area contributed by atoms with Gasteiger partial charge in [0.1, 0.15) is 0 Å². The number of fused-ring (bicyclic) bond motifs is 1. The van der Waals surface area contributed by atoms with Crippen LogP contribution in [0.4, 0.5) is 16.2 Å². The second-order valence-corrected chi connectivity index (χ2v) is 7.00. The Kier molecular flexibility index (Phi) is 2.68. The van der Waals surface area contributed by atoms with E-state index < -0.39 is 26.8 Å². The number of hydrogen-bond acceptors (Lipinski definition) is 5. The highest BCUT2D eigenvalue weighted by Crippen LogP contribution is 2.30. The quantitative estimate of drug-likeness (QED) is 0.479. The molecule has 8 nitrogen and oxygen atoms in total. The highest BCUT2D eigenvalue weighted by atomic mass is 32.2. The van der Waals surface area contributed by atoms with E-state index >= 15 is 0 Å². The van der Waals surface area contributed by atoms with Crippen molar-refractivity contribution in [2.75, 3.05) is 16.4 Å². The molecule has 3 rings (SSSR count). The number of nitro groups is 1. The predicted molar refractivity (Wildman–Crippen MR) is 70.3 cm³/mol. The predicted octanol–water partition coefficient (Wildman–Crippen LogP) is 0.290. The molecule has 0 aliphatic carbocycles. The molecule has 2 heterocycles. The van der Waals surface area contributed by atoms with Crippen LogP contribution in [0.1, 0.15) is 0 Å². The molecule has 2 fully saturated rings. The minimum absolute atomic E-state index is 0.0626. The van der Waals surface area contributed by atoms with Crippen molar-refractivity contribution in [2.45, 2.75) is 12.1 Å². The molecule has 2 aliphatic heterocycles. The van der Waals surface area contributed by atoms with Crippen LogP contribution in [-0.2, 0) is 9.84 Å². The maximum atomic E-state index is 11.9. The molecule has 1 aromatic carbocycles. The molecule has 2 amide bonds. The Labute approximate surface area is 114 Å². The first kappa shape index (κ1) is 12.9. The highest BCUT2D eigenvalue weighted by molar-refractivity contribution is 7.91. The van der Waals surface area contributed by atoms with Gasteiger partial charge in [0, 0.05) is 17.8 Å². The summed E-state index contributed by atoms with van der Waals surface area (Å²) in [5.74, 6) is -0.152. The Bertz CT molecular complexity index is 685. The number of nitrogens with zero attached hydrogens (tertiary/aromatic N) is 2. The van der Waals surface area contributed by atoms with Crippen LogP contribution in [0, 0.1) is 10.1 Å². The van der Waals surface area contributed by atoms with E-state index in [4.69, 9.17) is 0 Å². The second-order valence-electron chi connectivity index (χ2n) is 4.84. The van der Waals surface area contributed by atoms with Crippen LogP contribution in [-0.4, -0.2) is 43.0 Å². The lowest BCUT2D eigenvalue weighted by molar-refractivity contribution is -0.384. The van der Waals surface area contributed by atoms with Crippen molar-refractivity contribution in [3.63, 3.8) is 0 Å². The summed E-state index contributed by atoms with van der Waals surface area (Å²) in [6.07, 6.45) is 0. The number of anilines is 1. The van der Waals surface area contributed by atoms with E-state index in [-0.39, 0.29) is 23.2 Å². The Morgan fingerprint density at radius 1 is 1.25 bits per heavy atom. The van der Waals surface area contributed by atoms with Gasteiger partial charge in [-0.2, -0.15) is 0 Å². The second kappa shape index (κ2) is 4.17. The van der Waals surface area contributed by atoms with E-state index in [0.717, 1.165) is 0 Å². The smallest absolute Gasteiger partial charge is 0.322 e. The standard InChI is InChI=1S/C11H11N3O5S/c15-11-12-9-5-20(18,19)6-10(9)13(11)7-1-3-8(4-2-7)14(16)17/h1-4,9-10H,5-6H2,(H,12,15)/t9-,10-/m0/s1. The Morgan fingerprint density at radius 2 is 1.90 bits per heavy atom. The first-order valence-electron chi connectivity index (χ1n) is 5.92. The van der Waals surface area contributed by atoms with Gasteiger partial charge in [-0.25, -0.2) is 13.2 Å². The number of nitrogens with one attached hydrogen (secondary N) is 1. The summed E-state index contributed by atoms with van der Waals surface area (Å²) in [4.78, 5) is 23.3. The maximum Gasteiger partial charge on any atom is 0.322 e. The van der Waals surface area contributed by atoms with E-state index in [0.29, 0.717) is 5.69 Å². The monoisotopic (exact) mass is 297 g/mol. The molecule has 2 atom stereocenters. The fourth-order valence-corrected chi connectivity index (χ4v) is 4.53. The Morgan fingerprint density at radius 3 is 2.50 bits per heavy atom. The van der Waals surface area contributed by atoms with E-state index in [2.05, 4.69) is 5.32 Å². The van der Waals surface area contributed by atoms with Crippen LogP contribution in [0.2, 0.25) is 0 Å². The summed E-state index contributed by atoms with van der Waals surface area (Å²) in [5.41, 5.74) is 0.377. The van der Waals surface area contributed by atoms with Crippen LogP contribution in [0.15, 0.2) is 24.3 Å². The molecule has 20 heavy (non-hydrogen) atoms. The van der Waals surface area contributed by atoms with Gasteiger partial charge >= 0.3 is 6.03 Å². The van der Waals surface area contributed by atoms with E-state index in [1.165, 1.54) is 29.2 Å². The van der Waals surface area contributed by atoms with Crippen molar-refractivity contribution in [2.24, 2.45) is 0 Å². The number of rotatable bonds is 2. The number of non-ortho nitro benzene ring substituents is 1. The summed E-state index contributed by atoms with van der Waals surface area (Å²) < 4.78 is 23.2. The normalized spacial score (nSPS) is 27.2. The highest BCUT2D eigenvalue weighted by Gasteiger charge is 2.49. The number of hydrogen-bond donors (Lipinski definition) is 1. The third kappa shape index (κ3) is 1.99. The molecule has 0 unspecified atom stereocenters. The molecule has 2 aliphatic rings. The minimum Gasteiger partial charge on any atom is -0.332 e.